The normalized spacial score (nSPS) is 11.5. The summed E-state index contributed by atoms with van der Waals surface area (Å²) in [7, 11) is 1.63. The number of aryl methyl sites for hydroxylation is 1. The maximum absolute atomic E-state index is 9.35. The standard InChI is InChI=1S/C18H19NO2/c1-14-6-3-4-9-18(14)21-11-10-16(13-19)15-7-5-8-17(12-15)20-2/h3-9,12,16H,10-11H2,1-2H3. The summed E-state index contributed by atoms with van der Waals surface area (Å²) < 4.78 is 11.0. The Kier molecular flexibility index (Phi) is 5.22. The van der Waals surface area contributed by atoms with E-state index in [1.54, 1.807) is 7.11 Å². The number of methoxy groups -OCH3 is 1. The fourth-order valence-corrected chi connectivity index (χ4v) is 2.17. The lowest BCUT2D eigenvalue weighted by Gasteiger charge is -2.13. The molecular formula is C18H19NO2. The Balaban J connectivity index is 1.97. The third-order valence-electron chi connectivity index (χ3n) is 3.41. The summed E-state index contributed by atoms with van der Waals surface area (Å²) in [6.07, 6.45) is 0.651. The topological polar surface area (TPSA) is 42.2 Å². The second-order valence-electron chi connectivity index (χ2n) is 4.86. The maximum atomic E-state index is 9.35. The van der Waals surface area contributed by atoms with Gasteiger partial charge in [0, 0.05) is 6.42 Å². The first-order valence-corrected chi connectivity index (χ1v) is 6.96. The van der Waals surface area contributed by atoms with Crippen LogP contribution in [0.3, 0.4) is 0 Å². The molecule has 3 nitrogen and oxygen atoms in total. The van der Waals surface area contributed by atoms with E-state index in [0.717, 1.165) is 22.6 Å². The fourth-order valence-electron chi connectivity index (χ4n) is 2.17. The van der Waals surface area contributed by atoms with E-state index >= 15 is 0 Å². The van der Waals surface area contributed by atoms with Gasteiger partial charge in [-0.2, -0.15) is 5.26 Å². The minimum Gasteiger partial charge on any atom is -0.497 e. The molecule has 1 atom stereocenters. The zero-order valence-corrected chi connectivity index (χ0v) is 12.4. The van der Waals surface area contributed by atoms with E-state index in [9.17, 15) is 5.26 Å². The van der Waals surface area contributed by atoms with Crippen LogP contribution in [-0.4, -0.2) is 13.7 Å². The number of ether oxygens (including phenoxy) is 2. The Bertz CT molecular complexity index is 631. The van der Waals surface area contributed by atoms with Crippen LogP contribution in [0.2, 0.25) is 0 Å². The Morgan fingerprint density at radius 2 is 1.95 bits per heavy atom. The Morgan fingerprint density at radius 1 is 1.14 bits per heavy atom. The van der Waals surface area contributed by atoms with Crippen LogP contribution in [0.5, 0.6) is 11.5 Å². The van der Waals surface area contributed by atoms with Gasteiger partial charge in [-0.15, -0.1) is 0 Å². The quantitative estimate of drug-likeness (QED) is 0.801. The predicted molar refractivity (Wildman–Crippen MR) is 82.6 cm³/mol. The first kappa shape index (κ1) is 14.9. The fraction of sp³-hybridized carbons (Fsp3) is 0.278. The van der Waals surface area contributed by atoms with E-state index in [2.05, 4.69) is 6.07 Å². The van der Waals surface area contributed by atoms with E-state index in [1.165, 1.54) is 0 Å². The molecule has 2 rings (SSSR count). The summed E-state index contributed by atoms with van der Waals surface area (Å²) in [5.41, 5.74) is 2.07. The lowest BCUT2D eigenvalue weighted by Crippen LogP contribution is -2.05. The van der Waals surface area contributed by atoms with Crippen molar-refractivity contribution >= 4 is 0 Å². The molecule has 21 heavy (non-hydrogen) atoms. The highest BCUT2D eigenvalue weighted by atomic mass is 16.5. The van der Waals surface area contributed by atoms with Crippen LogP contribution in [-0.2, 0) is 0 Å². The highest BCUT2D eigenvalue weighted by Crippen LogP contribution is 2.24. The van der Waals surface area contributed by atoms with Gasteiger partial charge >= 0.3 is 0 Å². The SMILES string of the molecule is COc1cccc(C(C#N)CCOc2ccccc2C)c1. The molecule has 0 aliphatic rings. The zero-order chi connectivity index (χ0) is 15.1. The smallest absolute Gasteiger partial charge is 0.122 e. The summed E-state index contributed by atoms with van der Waals surface area (Å²) in [6.45, 7) is 2.53. The number of benzene rings is 2. The molecule has 0 radical (unpaired) electrons. The molecule has 0 aliphatic carbocycles. The second kappa shape index (κ2) is 7.35. The minimum atomic E-state index is -0.191. The number of rotatable bonds is 6. The Labute approximate surface area is 125 Å². The Morgan fingerprint density at radius 3 is 2.67 bits per heavy atom. The molecule has 0 saturated heterocycles. The summed E-state index contributed by atoms with van der Waals surface area (Å²) in [6, 6.07) is 17.9. The van der Waals surface area contributed by atoms with Crippen molar-refractivity contribution in [2.75, 3.05) is 13.7 Å². The van der Waals surface area contributed by atoms with E-state index in [4.69, 9.17) is 9.47 Å². The predicted octanol–water partition coefficient (Wildman–Crippen LogP) is 4.08. The molecule has 0 aromatic heterocycles. The van der Waals surface area contributed by atoms with Gasteiger partial charge in [-0.25, -0.2) is 0 Å². The van der Waals surface area contributed by atoms with Crippen molar-refractivity contribution in [3.63, 3.8) is 0 Å². The maximum Gasteiger partial charge on any atom is 0.122 e. The number of para-hydroxylation sites is 1. The molecule has 0 spiro atoms. The average Bonchev–Trinajstić information content (AvgIpc) is 2.53. The molecule has 0 amide bonds. The van der Waals surface area contributed by atoms with Crippen molar-refractivity contribution in [2.24, 2.45) is 0 Å². The number of hydrogen-bond acceptors (Lipinski definition) is 3. The van der Waals surface area contributed by atoms with E-state index in [-0.39, 0.29) is 5.92 Å². The van der Waals surface area contributed by atoms with Crippen LogP contribution < -0.4 is 9.47 Å². The van der Waals surface area contributed by atoms with Crippen molar-refractivity contribution in [2.45, 2.75) is 19.3 Å². The average molecular weight is 281 g/mol. The van der Waals surface area contributed by atoms with Crippen molar-refractivity contribution < 1.29 is 9.47 Å². The van der Waals surface area contributed by atoms with Crippen molar-refractivity contribution in [1.82, 2.24) is 0 Å². The van der Waals surface area contributed by atoms with Crippen LogP contribution in [0.1, 0.15) is 23.5 Å². The molecule has 0 saturated carbocycles. The Hall–Kier alpha value is -2.47. The zero-order valence-electron chi connectivity index (χ0n) is 12.4. The summed E-state index contributed by atoms with van der Waals surface area (Å²) in [5.74, 6) is 1.46. The second-order valence-corrected chi connectivity index (χ2v) is 4.86. The monoisotopic (exact) mass is 281 g/mol. The lowest BCUT2D eigenvalue weighted by molar-refractivity contribution is 0.304. The molecule has 108 valence electrons. The molecular weight excluding hydrogens is 262 g/mol. The van der Waals surface area contributed by atoms with Gasteiger partial charge in [0.15, 0.2) is 0 Å². The third kappa shape index (κ3) is 4.00. The van der Waals surface area contributed by atoms with Gasteiger partial charge in [0.1, 0.15) is 11.5 Å². The molecule has 3 heteroatoms. The van der Waals surface area contributed by atoms with Crippen LogP contribution in [0.25, 0.3) is 0 Å². The largest absolute Gasteiger partial charge is 0.497 e. The van der Waals surface area contributed by atoms with Crippen molar-refractivity contribution in [3.05, 3.63) is 59.7 Å². The van der Waals surface area contributed by atoms with Gasteiger partial charge in [0.05, 0.1) is 25.7 Å². The van der Waals surface area contributed by atoms with Crippen LogP contribution >= 0.6 is 0 Å². The number of nitrogens with zero attached hydrogens (tertiary/aromatic N) is 1. The first-order valence-electron chi connectivity index (χ1n) is 6.96. The third-order valence-corrected chi connectivity index (χ3v) is 3.41. The number of hydrogen-bond donors (Lipinski definition) is 0. The first-order chi connectivity index (χ1) is 10.2. The summed E-state index contributed by atoms with van der Waals surface area (Å²) >= 11 is 0. The van der Waals surface area contributed by atoms with Gasteiger partial charge < -0.3 is 9.47 Å². The van der Waals surface area contributed by atoms with Gasteiger partial charge in [-0.3, -0.25) is 0 Å². The molecule has 0 fully saturated rings. The van der Waals surface area contributed by atoms with E-state index in [0.29, 0.717) is 13.0 Å². The van der Waals surface area contributed by atoms with E-state index in [1.807, 2.05) is 55.5 Å². The van der Waals surface area contributed by atoms with Gasteiger partial charge in [0.25, 0.3) is 0 Å². The summed E-state index contributed by atoms with van der Waals surface area (Å²) in [5, 5.41) is 9.35. The van der Waals surface area contributed by atoms with Crippen LogP contribution in [0.15, 0.2) is 48.5 Å². The molecule has 1 unspecified atom stereocenters. The van der Waals surface area contributed by atoms with Gasteiger partial charge in [0.2, 0.25) is 0 Å². The molecule has 0 heterocycles. The summed E-state index contributed by atoms with van der Waals surface area (Å²) in [4.78, 5) is 0. The van der Waals surface area contributed by atoms with Crippen LogP contribution in [0.4, 0.5) is 0 Å². The number of nitriles is 1. The van der Waals surface area contributed by atoms with Gasteiger partial charge in [-0.1, -0.05) is 30.3 Å². The lowest BCUT2D eigenvalue weighted by atomic mass is 9.97. The molecule has 2 aromatic carbocycles. The molecule has 0 aliphatic heterocycles. The van der Waals surface area contributed by atoms with Crippen molar-refractivity contribution in [3.8, 4) is 17.6 Å². The molecule has 2 aromatic rings. The van der Waals surface area contributed by atoms with Crippen LogP contribution in [0, 0.1) is 18.3 Å². The minimum absolute atomic E-state index is 0.191. The van der Waals surface area contributed by atoms with Gasteiger partial charge in [-0.05, 0) is 36.2 Å². The van der Waals surface area contributed by atoms with E-state index < -0.39 is 0 Å². The molecule has 0 bridgehead atoms. The van der Waals surface area contributed by atoms with Crippen molar-refractivity contribution in [1.29, 1.82) is 5.26 Å². The molecule has 0 N–H and O–H groups in total. The highest BCUT2D eigenvalue weighted by molar-refractivity contribution is 5.34. The highest BCUT2D eigenvalue weighted by Gasteiger charge is 2.12.